The van der Waals surface area contributed by atoms with Crippen LogP contribution in [0.15, 0.2) is 4.79 Å². The predicted molar refractivity (Wildman–Crippen MR) is 82.7 cm³/mol. The second kappa shape index (κ2) is 6.55. The fraction of sp³-hybridized carbons (Fsp3) is 0.733. The molecule has 3 heterocycles. The molecule has 3 rings (SSSR count). The first-order chi connectivity index (χ1) is 11.0. The smallest absolute Gasteiger partial charge is 0.340 e. The molecule has 1 aromatic heterocycles. The first-order valence-corrected chi connectivity index (χ1v) is 8.23. The van der Waals surface area contributed by atoms with Crippen molar-refractivity contribution >= 4 is 11.8 Å². The molecule has 2 aliphatic rings. The van der Waals surface area contributed by atoms with Crippen molar-refractivity contribution in [1.82, 2.24) is 25.0 Å². The number of aromatic amines is 2. The number of piperidine rings is 2. The van der Waals surface area contributed by atoms with Gasteiger partial charge in [-0.2, -0.15) is 5.10 Å². The number of nitrogens with one attached hydrogen (secondary N) is 2. The molecule has 0 radical (unpaired) electrons. The molecule has 2 saturated heterocycles. The SMILES string of the molecule is CC(=O)N1CCC(C(=O)N2CCC(c3n[nH]c(=O)[nH]3)CC2)CC1. The summed E-state index contributed by atoms with van der Waals surface area (Å²) in [6, 6.07) is 0. The lowest BCUT2D eigenvalue weighted by Gasteiger charge is -2.36. The van der Waals surface area contributed by atoms with Gasteiger partial charge in [0.25, 0.3) is 0 Å². The second-order valence-corrected chi connectivity index (χ2v) is 6.44. The van der Waals surface area contributed by atoms with Crippen LogP contribution < -0.4 is 5.69 Å². The number of hydrogen-bond acceptors (Lipinski definition) is 4. The van der Waals surface area contributed by atoms with E-state index in [0.717, 1.165) is 25.7 Å². The minimum atomic E-state index is -0.282. The highest BCUT2D eigenvalue weighted by molar-refractivity contribution is 5.79. The van der Waals surface area contributed by atoms with Crippen molar-refractivity contribution in [1.29, 1.82) is 0 Å². The maximum absolute atomic E-state index is 12.6. The number of likely N-dealkylation sites (tertiary alicyclic amines) is 2. The lowest BCUT2D eigenvalue weighted by Crippen LogP contribution is -2.46. The van der Waals surface area contributed by atoms with Crippen LogP contribution in [0.4, 0.5) is 0 Å². The largest absolute Gasteiger partial charge is 0.343 e. The summed E-state index contributed by atoms with van der Waals surface area (Å²) >= 11 is 0. The van der Waals surface area contributed by atoms with E-state index in [0.29, 0.717) is 32.0 Å². The first kappa shape index (κ1) is 15.8. The Morgan fingerprint density at radius 3 is 2.17 bits per heavy atom. The van der Waals surface area contributed by atoms with Gasteiger partial charge in [0.15, 0.2) is 0 Å². The van der Waals surface area contributed by atoms with Crippen LogP contribution in [0.25, 0.3) is 0 Å². The van der Waals surface area contributed by atoms with Gasteiger partial charge in [-0.1, -0.05) is 0 Å². The van der Waals surface area contributed by atoms with E-state index in [2.05, 4.69) is 15.2 Å². The van der Waals surface area contributed by atoms with Crippen LogP contribution in [0.3, 0.4) is 0 Å². The number of H-pyrrole nitrogens is 2. The molecule has 0 atom stereocenters. The fourth-order valence-electron chi connectivity index (χ4n) is 3.55. The lowest BCUT2D eigenvalue weighted by molar-refractivity contribution is -0.140. The van der Waals surface area contributed by atoms with Gasteiger partial charge in [-0.3, -0.25) is 14.6 Å². The molecule has 0 saturated carbocycles. The van der Waals surface area contributed by atoms with E-state index in [-0.39, 0.29) is 29.3 Å². The van der Waals surface area contributed by atoms with Crippen LogP contribution in [0.2, 0.25) is 0 Å². The van der Waals surface area contributed by atoms with Gasteiger partial charge in [-0.15, -0.1) is 0 Å². The molecule has 0 bridgehead atoms. The van der Waals surface area contributed by atoms with Gasteiger partial charge in [-0.05, 0) is 25.7 Å². The third kappa shape index (κ3) is 3.46. The molecule has 0 spiro atoms. The minimum absolute atomic E-state index is 0.0346. The molecule has 126 valence electrons. The lowest BCUT2D eigenvalue weighted by atomic mass is 9.92. The highest BCUT2D eigenvalue weighted by atomic mass is 16.2. The Labute approximate surface area is 134 Å². The van der Waals surface area contributed by atoms with Crippen molar-refractivity contribution < 1.29 is 9.59 Å². The number of hydrogen-bond donors (Lipinski definition) is 2. The van der Waals surface area contributed by atoms with Crippen LogP contribution in [-0.2, 0) is 9.59 Å². The molecule has 2 fully saturated rings. The molecule has 0 unspecified atom stereocenters. The molecule has 23 heavy (non-hydrogen) atoms. The summed E-state index contributed by atoms with van der Waals surface area (Å²) in [5.74, 6) is 1.23. The van der Waals surface area contributed by atoms with Gasteiger partial charge in [0.05, 0.1) is 0 Å². The van der Waals surface area contributed by atoms with Crippen LogP contribution in [0.1, 0.15) is 44.3 Å². The predicted octanol–water partition coefficient (Wildman–Crippen LogP) is 0.0625. The number of nitrogens with zero attached hydrogens (tertiary/aromatic N) is 3. The van der Waals surface area contributed by atoms with E-state index in [1.54, 1.807) is 6.92 Å². The third-order valence-electron chi connectivity index (χ3n) is 5.00. The van der Waals surface area contributed by atoms with Crippen molar-refractivity contribution in [2.24, 2.45) is 5.92 Å². The highest BCUT2D eigenvalue weighted by Crippen LogP contribution is 2.27. The van der Waals surface area contributed by atoms with E-state index in [1.807, 2.05) is 9.80 Å². The van der Waals surface area contributed by atoms with E-state index >= 15 is 0 Å². The Morgan fingerprint density at radius 2 is 1.65 bits per heavy atom. The summed E-state index contributed by atoms with van der Waals surface area (Å²) < 4.78 is 0. The van der Waals surface area contributed by atoms with Crippen molar-refractivity contribution in [3.05, 3.63) is 16.3 Å². The monoisotopic (exact) mass is 321 g/mol. The maximum Gasteiger partial charge on any atom is 0.340 e. The van der Waals surface area contributed by atoms with Crippen LogP contribution in [0, 0.1) is 5.92 Å². The standard InChI is InChI=1S/C15H23N5O3/c1-10(21)19-6-4-12(5-7-19)14(22)20-8-2-11(3-9-20)13-16-15(23)18-17-13/h11-12H,2-9H2,1H3,(H2,16,17,18,23). The average molecular weight is 321 g/mol. The van der Waals surface area contributed by atoms with Gasteiger partial charge in [-0.25, -0.2) is 9.89 Å². The molecule has 2 aliphatic heterocycles. The first-order valence-electron chi connectivity index (χ1n) is 8.23. The Kier molecular flexibility index (Phi) is 4.49. The van der Waals surface area contributed by atoms with Crippen LogP contribution >= 0.6 is 0 Å². The molecule has 0 aromatic carbocycles. The normalized spacial score (nSPS) is 20.7. The van der Waals surface area contributed by atoms with E-state index in [4.69, 9.17) is 0 Å². The molecule has 1 aromatic rings. The summed E-state index contributed by atoms with van der Waals surface area (Å²) in [6.07, 6.45) is 3.15. The number of amides is 2. The molecule has 2 amide bonds. The number of carbonyl (C=O) groups excluding carboxylic acids is 2. The number of carbonyl (C=O) groups is 2. The molecular formula is C15H23N5O3. The quantitative estimate of drug-likeness (QED) is 0.804. The second-order valence-electron chi connectivity index (χ2n) is 6.44. The summed E-state index contributed by atoms with van der Waals surface area (Å²) in [5.41, 5.74) is -0.282. The zero-order valence-corrected chi connectivity index (χ0v) is 13.4. The maximum atomic E-state index is 12.6. The minimum Gasteiger partial charge on any atom is -0.343 e. The molecule has 0 aliphatic carbocycles. The molecule has 8 heteroatoms. The van der Waals surface area contributed by atoms with Crippen LogP contribution in [-0.4, -0.2) is 63.0 Å². The number of aromatic nitrogens is 3. The number of rotatable bonds is 2. The van der Waals surface area contributed by atoms with Crippen LogP contribution in [0.5, 0.6) is 0 Å². The highest BCUT2D eigenvalue weighted by Gasteiger charge is 2.32. The van der Waals surface area contributed by atoms with E-state index < -0.39 is 0 Å². The van der Waals surface area contributed by atoms with Crippen molar-refractivity contribution in [2.45, 2.75) is 38.5 Å². The van der Waals surface area contributed by atoms with Gasteiger partial charge in [0.1, 0.15) is 5.82 Å². The van der Waals surface area contributed by atoms with Gasteiger partial charge in [0, 0.05) is 44.9 Å². The zero-order chi connectivity index (χ0) is 16.4. The van der Waals surface area contributed by atoms with Gasteiger partial charge >= 0.3 is 5.69 Å². The Morgan fingerprint density at radius 1 is 1.04 bits per heavy atom. The third-order valence-corrected chi connectivity index (χ3v) is 5.00. The van der Waals surface area contributed by atoms with Crippen molar-refractivity contribution in [3.63, 3.8) is 0 Å². The van der Waals surface area contributed by atoms with Gasteiger partial charge in [0.2, 0.25) is 11.8 Å². The van der Waals surface area contributed by atoms with E-state index in [9.17, 15) is 14.4 Å². The zero-order valence-electron chi connectivity index (χ0n) is 13.4. The summed E-state index contributed by atoms with van der Waals surface area (Å²) in [4.78, 5) is 41.5. The molecular weight excluding hydrogens is 298 g/mol. The topological polar surface area (TPSA) is 102 Å². The summed E-state index contributed by atoms with van der Waals surface area (Å²) in [7, 11) is 0. The Bertz CT molecular complexity index is 621. The Hall–Kier alpha value is -2.12. The van der Waals surface area contributed by atoms with E-state index in [1.165, 1.54) is 0 Å². The average Bonchev–Trinajstić information content (AvgIpc) is 3.01. The summed E-state index contributed by atoms with van der Waals surface area (Å²) in [5, 5.41) is 6.38. The molecule has 8 nitrogen and oxygen atoms in total. The Balaban J connectivity index is 1.51. The van der Waals surface area contributed by atoms with Crippen molar-refractivity contribution in [2.75, 3.05) is 26.2 Å². The van der Waals surface area contributed by atoms with Crippen molar-refractivity contribution in [3.8, 4) is 0 Å². The van der Waals surface area contributed by atoms with Gasteiger partial charge < -0.3 is 9.80 Å². The summed E-state index contributed by atoms with van der Waals surface area (Å²) in [6.45, 7) is 4.33. The fourth-order valence-corrected chi connectivity index (χ4v) is 3.55. The molecule has 2 N–H and O–H groups in total.